The highest BCUT2D eigenvalue weighted by molar-refractivity contribution is 8.16. The van der Waals surface area contributed by atoms with Gasteiger partial charge in [-0.05, 0) is 31.2 Å². The molecule has 2 aliphatic heterocycles. The average molecular weight is 455 g/mol. The molecule has 0 bridgehead atoms. The van der Waals surface area contributed by atoms with E-state index in [-0.39, 0.29) is 17.3 Å². The molecule has 162 valence electrons. The van der Waals surface area contributed by atoms with E-state index in [2.05, 4.69) is 29.3 Å². The highest BCUT2D eigenvalue weighted by atomic mass is 35.5. The van der Waals surface area contributed by atoms with Gasteiger partial charge in [0, 0.05) is 42.2 Å². The molecule has 0 unspecified atom stereocenters. The summed E-state index contributed by atoms with van der Waals surface area (Å²) in [6, 6.07) is 15.6. The van der Waals surface area contributed by atoms with Gasteiger partial charge in [0.25, 0.3) is 0 Å². The topological polar surface area (TPSA) is 57.1 Å². The Morgan fingerprint density at radius 2 is 1.90 bits per heavy atom. The maximum absolute atomic E-state index is 12.6. The Hall–Kier alpha value is -2.15. The fourth-order valence-corrected chi connectivity index (χ4v) is 4.95. The van der Waals surface area contributed by atoms with Crippen LogP contribution < -0.4 is 5.32 Å². The van der Waals surface area contributed by atoms with E-state index in [4.69, 9.17) is 21.6 Å². The molecule has 0 atom stereocenters. The Balaban J connectivity index is 1.50. The molecule has 1 amide bonds. The van der Waals surface area contributed by atoms with Crippen LogP contribution in [0.3, 0.4) is 0 Å². The summed E-state index contributed by atoms with van der Waals surface area (Å²) in [4.78, 5) is 25.3. The van der Waals surface area contributed by atoms with Crippen molar-refractivity contribution in [1.82, 2.24) is 4.90 Å². The van der Waals surface area contributed by atoms with Gasteiger partial charge < -0.3 is 10.2 Å². The first-order valence-corrected chi connectivity index (χ1v) is 12.0. The molecule has 4 rings (SSSR count). The molecule has 2 aliphatic rings. The van der Waals surface area contributed by atoms with Crippen LogP contribution in [0.25, 0.3) is 0 Å². The van der Waals surface area contributed by atoms with Crippen LogP contribution in [0.2, 0.25) is 5.02 Å². The summed E-state index contributed by atoms with van der Waals surface area (Å²) >= 11 is 7.54. The number of nitrogens with one attached hydrogen (secondary N) is 1. The molecule has 0 saturated carbocycles. The van der Waals surface area contributed by atoms with Crippen LogP contribution in [0.4, 0.5) is 5.69 Å². The molecule has 1 spiro atoms. The minimum absolute atomic E-state index is 0.0766. The van der Waals surface area contributed by atoms with Gasteiger partial charge in [-0.1, -0.05) is 66.7 Å². The molecule has 0 radical (unpaired) electrons. The summed E-state index contributed by atoms with van der Waals surface area (Å²) in [5, 5.41) is 4.43. The number of carbonyl (C=O) groups is 1. The van der Waals surface area contributed by atoms with Crippen LogP contribution in [0.1, 0.15) is 30.9 Å². The van der Waals surface area contributed by atoms with E-state index in [1.165, 1.54) is 11.8 Å². The van der Waals surface area contributed by atoms with E-state index in [1.54, 1.807) is 6.07 Å². The van der Waals surface area contributed by atoms with Gasteiger partial charge in [-0.15, -0.1) is 0 Å². The third-order valence-corrected chi connectivity index (χ3v) is 7.00. The summed E-state index contributed by atoms with van der Waals surface area (Å²) in [5.41, 5.74) is 3.29. The normalized spacial score (nSPS) is 18.0. The van der Waals surface area contributed by atoms with Crippen molar-refractivity contribution < 1.29 is 4.79 Å². The lowest BCUT2D eigenvalue weighted by atomic mass is 9.98. The zero-order valence-corrected chi connectivity index (χ0v) is 19.5. The molecule has 5 nitrogen and oxygen atoms in total. The molecule has 1 fully saturated rings. The van der Waals surface area contributed by atoms with Crippen LogP contribution >= 0.6 is 23.4 Å². The fraction of sp³-hybridized carbons (Fsp3) is 0.375. The number of piperidine rings is 1. The predicted molar refractivity (Wildman–Crippen MR) is 132 cm³/mol. The number of amides is 1. The Morgan fingerprint density at radius 1 is 1.16 bits per heavy atom. The maximum Gasteiger partial charge on any atom is 0.234 e. The number of rotatable bonds is 5. The van der Waals surface area contributed by atoms with Crippen LogP contribution in [0.5, 0.6) is 0 Å². The predicted octanol–water partition coefficient (Wildman–Crippen LogP) is 5.03. The lowest BCUT2D eigenvalue weighted by molar-refractivity contribution is -0.113. The lowest BCUT2D eigenvalue weighted by Gasteiger charge is -2.34. The van der Waals surface area contributed by atoms with E-state index >= 15 is 0 Å². The van der Waals surface area contributed by atoms with Crippen LogP contribution in [0.15, 0.2) is 58.5 Å². The summed E-state index contributed by atoms with van der Waals surface area (Å²) in [6.07, 6.45) is 1.82. The Labute approximate surface area is 193 Å². The van der Waals surface area contributed by atoms with Gasteiger partial charge in [0.2, 0.25) is 5.91 Å². The molecule has 0 aliphatic carbocycles. The van der Waals surface area contributed by atoms with Gasteiger partial charge in [0.05, 0.1) is 11.5 Å². The van der Waals surface area contributed by atoms with Crippen molar-refractivity contribution in [2.75, 3.05) is 30.7 Å². The van der Waals surface area contributed by atoms with Gasteiger partial charge in [-0.3, -0.25) is 9.79 Å². The monoisotopic (exact) mass is 454 g/mol. The summed E-state index contributed by atoms with van der Waals surface area (Å²) in [6.45, 7) is 7.19. The molecule has 2 heterocycles. The Kier molecular flexibility index (Phi) is 6.80. The first-order valence-electron chi connectivity index (χ1n) is 10.6. The lowest BCUT2D eigenvalue weighted by Crippen LogP contribution is -2.41. The number of nitrogens with zero attached hydrogens (tertiary/aromatic N) is 3. The molecule has 1 saturated heterocycles. The molecule has 31 heavy (non-hydrogen) atoms. The average Bonchev–Trinajstić information content (AvgIpc) is 3.14. The first kappa shape index (κ1) is 22.1. The second-order valence-electron chi connectivity index (χ2n) is 7.96. The van der Waals surface area contributed by atoms with Crippen LogP contribution in [-0.2, 0) is 4.79 Å². The SMILES string of the molecule is CCN1CCC2(CC1)N=C(SCC(=O)Nc1cc(Cl)ccc1C)C(c1ccccc1)=N2. The fourth-order valence-electron chi connectivity index (χ4n) is 3.91. The van der Waals surface area contributed by atoms with Gasteiger partial charge in [0.1, 0.15) is 5.04 Å². The zero-order valence-electron chi connectivity index (χ0n) is 17.9. The number of benzene rings is 2. The quantitative estimate of drug-likeness (QED) is 0.689. The number of carbonyl (C=O) groups excluding carboxylic acids is 1. The van der Waals surface area contributed by atoms with Crippen molar-refractivity contribution >= 4 is 45.7 Å². The molecule has 7 heteroatoms. The Morgan fingerprint density at radius 3 is 2.61 bits per heavy atom. The second-order valence-corrected chi connectivity index (χ2v) is 9.36. The molecular weight excluding hydrogens is 428 g/mol. The number of aryl methyl sites for hydroxylation is 1. The third kappa shape index (κ3) is 5.20. The second kappa shape index (κ2) is 9.55. The number of hydrogen-bond donors (Lipinski definition) is 1. The van der Waals surface area contributed by atoms with E-state index in [1.807, 2.05) is 37.3 Å². The molecule has 2 aromatic rings. The molecule has 0 aromatic heterocycles. The number of likely N-dealkylation sites (tertiary alicyclic amines) is 1. The van der Waals surface area contributed by atoms with Crippen LogP contribution in [-0.4, -0.2) is 52.6 Å². The third-order valence-electron chi connectivity index (χ3n) is 5.80. The van der Waals surface area contributed by atoms with E-state index in [0.29, 0.717) is 5.02 Å². The maximum atomic E-state index is 12.6. The summed E-state index contributed by atoms with van der Waals surface area (Å²) in [7, 11) is 0. The van der Waals surface area contributed by atoms with E-state index in [9.17, 15) is 4.79 Å². The van der Waals surface area contributed by atoms with Gasteiger partial charge in [-0.25, -0.2) is 4.99 Å². The molecule has 2 aromatic carbocycles. The highest BCUT2D eigenvalue weighted by Crippen LogP contribution is 2.35. The Bertz CT molecular complexity index is 1010. The molecular formula is C24H27ClN4OS. The van der Waals surface area contributed by atoms with E-state index < -0.39 is 0 Å². The smallest absolute Gasteiger partial charge is 0.234 e. The van der Waals surface area contributed by atoms with Crippen molar-refractivity contribution in [3.05, 3.63) is 64.7 Å². The van der Waals surface area contributed by atoms with Crippen molar-refractivity contribution in [3.8, 4) is 0 Å². The standard InChI is InChI=1S/C24H27ClN4OS/c1-3-29-13-11-24(12-14-29)27-22(18-7-5-4-6-8-18)23(28-24)31-16-21(30)26-20-15-19(25)10-9-17(20)2/h4-10,15H,3,11-14,16H2,1-2H3,(H,26,30). The number of aliphatic imine (C=N–C) groups is 2. The molecule has 1 N–H and O–H groups in total. The number of hydrogen-bond acceptors (Lipinski definition) is 5. The van der Waals surface area contributed by atoms with Crippen LogP contribution in [0, 0.1) is 6.92 Å². The highest BCUT2D eigenvalue weighted by Gasteiger charge is 2.39. The number of halogens is 1. The van der Waals surface area contributed by atoms with E-state index in [0.717, 1.165) is 60.0 Å². The van der Waals surface area contributed by atoms with Gasteiger partial charge >= 0.3 is 0 Å². The largest absolute Gasteiger partial charge is 0.325 e. The van der Waals surface area contributed by atoms with Crippen molar-refractivity contribution in [2.45, 2.75) is 32.4 Å². The first-order chi connectivity index (χ1) is 15.0. The zero-order chi connectivity index (χ0) is 21.8. The van der Waals surface area contributed by atoms with Crippen molar-refractivity contribution in [2.24, 2.45) is 9.98 Å². The van der Waals surface area contributed by atoms with Gasteiger partial charge in [-0.2, -0.15) is 0 Å². The minimum Gasteiger partial charge on any atom is -0.325 e. The summed E-state index contributed by atoms with van der Waals surface area (Å²) < 4.78 is 0. The van der Waals surface area contributed by atoms with Crippen molar-refractivity contribution in [1.29, 1.82) is 0 Å². The number of anilines is 1. The van der Waals surface area contributed by atoms with Gasteiger partial charge in [0.15, 0.2) is 5.66 Å². The minimum atomic E-state index is -0.390. The summed E-state index contributed by atoms with van der Waals surface area (Å²) in [5.74, 6) is 0.195. The van der Waals surface area contributed by atoms with Crippen molar-refractivity contribution in [3.63, 3.8) is 0 Å². The number of thioether (sulfide) groups is 1.